The van der Waals surface area contributed by atoms with E-state index in [4.69, 9.17) is 0 Å². The van der Waals surface area contributed by atoms with Gasteiger partial charge < -0.3 is 9.47 Å². The molecular weight excluding hydrogens is 346 g/mol. The van der Waals surface area contributed by atoms with E-state index in [1.54, 1.807) is 6.20 Å². The number of hydrogen-bond donors (Lipinski definition) is 0. The van der Waals surface area contributed by atoms with Crippen molar-refractivity contribution in [2.24, 2.45) is 13.0 Å². The molecule has 0 saturated heterocycles. The molecule has 2 aliphatic rings. The Labute approximate surface area is 165 Å². The molecule has 2 aromatic carbocycles. The molecule has 5 rings (SSSR count). The highest BCUT2D eigenvalue weighted by Crippen LogP contribution is 2.49. The molecule has 1 saturated carbocycles. The van der Waals surface area contributed by atoms with Gasteiger partial charge >= 0.3 is 0 Å². The average Bonchev–Trinajstić information content (AvgIpc) is 3.21. The number of carbonyl (C=O) groups excluding carboxylic acids is 1. The molecule has 3 aromatic rings. The van der Waals surface area contributed by atoms with E-state index in [1.165, 1.54) is 23.1 Å². The molecule has 4 heteroatoms. The van der Waals surface area contributed by atoms with E-state index in [1.807, 2.05) is 28.8 Å². The van der Waals surface area contributed by atoms with Crippen LogP contribution in [0.4, 0.5) is 5.69 Å². The van der Waals surface area contributed by atoms with Gasteiger partial charge in [0.25, 0.3) is 0 Å². The van der Waals surface area contributed by atoms with Gasteiger partial charge in [0.05, 0.1) is 6.54 Å². The Bertz CT molecular complexity index is 1010. The molecule has 2 unspecified atom stereocenters. The Kier molecular flexibility index (Phi) is 4.27. The van der Waals surface area contributed by atoms with Gasteiger partial charge in [-0.05, 0) is 60.4 Å². The second-order valence-electron chi connectivity index (χ2n) is 8.04. The summed E-state index contributed by atoms with van der Waals surface area (Å²) in [7, 11) is 1.98. The van der Waals surface area contributed by atoms with Crippen molar-refractivity contribution in [2.45, 2.75) is 38.1 Å². The number of anilines is 1. The number of aromatic nitrogens is 2. The highest BCUT2D eigenvalue weighted by molar-refractivity contribution is 5.97. The van der Waals surface area contributed by atoms with Gasteiger partial charge in [0.1, 0.15) is 5.82 Å². The molecule has 1 heterocycles. The van der Waals surface area contributed by atoms with Gasteiger partial charge in [-0.25, -0.2) is 4.98 Å². The zero-order valence-corrected chi connectivity index (χ0v) is 16.2. The minimum atomic E-state index is 0.0657. The molecular formula is C24H25N3O. The number of rotatable bonds is 5. The quantitative estimate of drug-likeness (QED) is 0.673. The maximum absolute atomic E-state index is 13.5. The lowest BCUT2D eigenvalue weighted by molar-refractivity contribution is -0.120. The maximum atomic E-state index is 13.5. The Balaban J connectivity index is 1.44. The number of hydrogen-bond acceptors (Lipinski definition) is 2. The number of amides is 1. The Hall–Kier alpha value is -2.88. The van der Waals surface area contributed by atoms with E-state index >= 15 is 0 Å². The fraction of sp³-hybridized carbons (Fsp3) is 0.333. The van der Waals surface area contributed by atoms with Gasteiger partial charge in [-0.1, -0.05) is 36.4 Å². The van der Waals surface area contributed by atoms with Crippen LogP contribution in [0.25, 0.3) is 0 Å². The largest absolute Gasteiger partial charge is 0.337 e. The highest BCUT2D eigenvalue weighted by atomic mass is 16.2. The first-order valence-corrected chi connectivity index (χ1v) is 10.1. The van der Waals surface area contributed by atoms with Crippen LogP contribution in [0.1, 0.15) is 41.3 Å². The van der Waals surface area contributed by atoms with Gasteiger partial charge in [-0.15, -0.1) is 0 Å². The molecule has 0 aliphatic heterocycles. The van der Waals surface area contributed by atoms with Crippen molar-refractivity contribution in [1.82, 2.24) is 9.55 Å². The number of nitrogens with zero attached hydrogens (tertiary/aromatic N) is 3. The van der Waals surface area contributed by atoms with E-state index in [2.05, 4.69) is 47.4 Å². The van der Waals surface area contributed by atoms with Crippen LogP contribution < -0.4 is 4.90 Å². The summed E-state index contributed by atoms with van der Waals surface area (Å²) in [6.07, 6.45) is 8.15. The normalized spacial score (nSPS) is 20.0. The van der Waals surface area contributed by atoms with Crippen LogP contribution in [0.3, 0.4) is 0 Å². The first-order chi connectivity index (χ1) is 13.7. The van der Waals surface area contributed by atoms with Gasteiger partial charge in [-0.3, -0.25) is 4.79 Å². The summed E-state index contributed by atoms with van der Waals surface area (Å²) in [5.41, 5.74) is 5.10. The Morgan fingerprint density at radius 3 is 2.75 bits per heavy atom. The third-order valence-corrected chi connectivity index (χ3v) is 6.22. The fourth-order valence-electron chi connectivity index (χ4n) is 4.45. The van der Waals surface area contributed by atoms with Gasteiger partial charge in [0, 0.05) is 31.0 Å². The molecule has 4 nitrogen and oxygen atoms in total. The Morgan fingerprint density at radius 2 is 1.96 bits per heavy atom. The molecule has 0 radical (unpaired) electrons. The maximum Gasteiger partial charge on any atom is 0.231 e. The molecule has 28 heavy (non-hydrogen) atoms. The lowest BCUT2D eigenvalue weighted by Gasteiger charge is -2.24. The van der Waals surface area contributed by atoms with Crippen LogP contribution in [-0.4, -0.2) is 15.5 Å². The number of benzene rings is 2. The van der Waals surface area contributed by atoms with Gasteiger partial charge in [0.2, 0.25) is 5.91 Å². The Morgan fingerprint density at radius 1 is 1.14 bits per heavy atom. The molecule has 142 valence electrons. The summed E-state index contributed by atoms with van der Waals surface area (Å²) in [6.45, 7) is 0.513. The summed E-state index contributed by atoms with van der Waals surface area (Å²) >= 11 is 0. The number of imidazole rings is 1. The van der Waals surface area contributed by atoms with Crippen LogP contribution in [-0.2, 0) is 31.2 Å². The predicted molar refractivity (Wildman–Crippen MR) is 110 cm³/mol. The van der Waals surface area contributed by atoms with Crippen LogP contribution in [0.15, 0.2) is 60.9 Å². The number of carbonyl (C=O) groups is 1. The molecule has 1 amide bonds. The average molecular weight is 371 g/mol. The van der Waals surface area contributed by atoms with E-state index < -0.39 is 0 Å². The summed E-state index contributed by atoms with van der Waals surface area (Å²) in [4.78, 5) is 19.9. The highest BCUT2D eigenvalue weighted by Gasteiger charge is 2.46. The predicted octanol–water partition coefficient (Wildman–Crippen LogP) is 4.25. The minimum Gasteiger partial charge on any atom is -0.337 e. The lowest BCUT2D eigenvalue weighted by Crippen LogP contribution is -2.33. The van der Waals surface area contributed by atoms with Crippen molar-refractivity contribution in [2.75, 3.05) is 4.90 Å². The SMILES string of the molecule is Cn1ccnc1CN(C(=O)C1CC1c1ccccc1)c1ccc2c(c1)CCC2. The summed E-state index contributed by atoms with van der Waals surface area (Å²) in [5, 5.41) is 0. The van der Waals surface area contributed by atoms with Gasteiger partial charge in [0.15, 0.2) is 0 Å². The van der Waals surface area contributed by atoms with Crippen LogP contribution >= 0.6 is 0 Å². The second kappa shape index (κ2) is 6.93. The van der Waals surface area contributed by atoms with Crippen molar-refractivity contribution < 1.29 is 4.79 Å². The zero-order chi connectivity index (χ0) is 19.1. The molecule has 0 N–H and O–H groups in total. The summed E-state index contributed by atoms with van der Waals surface area (Å²) < 4.78 is 2.00. The van der Waals surface area contributed by atoms with E-state index in [9.17, 15) is 4.79 Å². The van der Waals surface area contributed by atoms with Crippen molar-refractivity contribution in [1.29, 1.82) is 0 Å². The van der Waals surface area contributed by atoms with Crippen molar-refractivity contribution in [3.63, 3.8) is 0 Å². The summed E-state index contributed by atoms with van der Waals surface area (Å²) in [6, 6.07) is 17.0. The van der Waals surface area contributed by atoms with Crippen molar-refractivity contribution >= 4 is 11.6 Å². The number of aryl methyl sites for hydroxylation is 3. The van der Waals surface area contributed by atoms with E-state index in [-0.39, 0.29) is 11.8 Å². The third kappa shape index (κ3) is 3.13. The van der Waals surface area contributed by atoms with E-state index in [0.29, 0.717) is 12.5 Å². The molecule has 1 fully saturated rings. The van der Waals surface area contributed by atoms with Crippen LogP contribution in [0.5, 0.6) is 0 Å². The van der Waals surface area contributed by atoms with Gasteiger partial charge in [-0.2, -0.15) is 0 Å². The first kappa shape index (κ1) is 17.2. The molecule has 2 aliphatic carbocycles. The van der Waals surface area contributed by atoms with Crippen LogP contribution in [0, 0.1) is 5.92 Å². The monoisotopic (exact) mass is 371 g/mol. The molecule has 1 aromatic heterocycles. The lowest BCUT2D eigenvalue weighted by atomic mass is 10.1. The van der Waals surface area contributed by atoms with Crippen molar-refractivity contribution in [3.8, 4) is 0 Å². The first-order valence-electron chi connectivity index (χ1n) is 10.1. The third-order valence-electron chi connectivity index (χ3n) is 6.22. The zero-order valence-electron chi connectivity index (χ0n) is 16.2. The second-order valence-corrected chi connectivity index (χ2v) is 8.04. The van der Waals surface area contributed by atoms with E-state index in [0.717, 1.165) is 30.8 Å². The summed E-state index contributed by atoms with van der Waals surface area (Å²) in [5.74, 6) is 1.53. The minimum absolute atomic E-state index is 0.0657. The smallest absolute Gasteiger partial charge is 0.231 e. The molecule has 0 bridgehead atoms. The molecule has 2 atom stereocenters. The fourth-order valence-corrected chi connectivity index (χ4v) is 4.45. The topological polar surface area (TPSA) is 38.1 Å². The number of fused-ring (bicyclic) bond motifs is 1. The standard InChI is InChI=1S/C24H25N3O/c1-26-13-12-25-23(26)16-27(20-11-10-17-8-5-9-19(17)14-20)24(28)22-15-21(22)18-6-3-2-4-7-18/h2-4,6-7,10-14,21-22H,5,8-9,15-16H2,1H3. The molecule has 0 spiro atoms. The van der Waals surface area contributed by atoms with Crippen molar-refractivity contribution in [3.05, 3.63) is 83.4 Å². The van der Waals surface area contributed by atoms with Crippen LogP contribution in [0.2, 0.25) is 0 Å².